The number of ether oxygens (including phenoxy) is 3. The minimum absolute atomic E-state index is 0.0201. The fourth-order valence-corrected chi connectivity index (χ4v) is 3.15. The van der Waals surface area contributed by atoms with Gasteiger partial charge in [-0.25, -0.2) is 4.98 Å². The van der Waals surface area contributed by atoms with E-state index < -0.39 is 0 Å². The molecule has 0 unspecified atom stereocenters. The average molecular weight is 412 g/mol. The zero-order valence-electron chi connectivity index (χ0n) is 15.8. The van der Waals surface area contributed by atoms with Crippen molar-refractivity contribution in [2.45, 2.75) is 0 Å². The van der Waals surface area contributed by atoms with Crippen LogP contribution in [0.3, 0.4) is 0 Å². The zero-order valence-corrected chi connectivity index (χ0v) is 16.6. The molecule has 0 aliphatic heterocycles. The largest absolute Gasteiger partial charge is 0.491 e. The van der Waals surface area contributed by atoms with Crippen LogP contribution < -0.4 is 14.8 Å². The van der Waals surface area contributed by atoms with E-state index in [1.165, 1.54) is 11.3 Å². The Morgan fingerprint density at radius 1 is 1.03 bits per heavy atom. The van der Waals surface area contributed by atoms with Crippen LogP contribution in [-0.4, -0.2) is 44.1 Å². The van der Waals surface area contributed by atoms with E-state index in [2.05, 4.69) is 10.3 Å². The molecular formula is C21H20N2O5S. The Balaban J connectivity index is 1.59. The lowest BCUT2D eigenvalue weighted by Crippen LogP contribution is -2.11. The number of aldehydes is 1. The molecule has 0 saturated heterocycles. The lowest BCUT2D eigenvalue weighted by atomic mass is 10.2. The van der Waals surface area contributed by atoms with Crippen LogP contribution in [0.15, 0.2) is 53.9 Å². The lowest BCUT2D eigenvalue weighted by Gasteiger charge is -2.06. The van der Waals surface area contributed by atoms with Crippen LogP contribution in [-0.2, 0) is 9.53 Å². The summed E-state index contributed by atoms with van der Waals surface area (Å²) in [6, 6.07) is 14.1. The molecule has 0 fully saturated rings. The summed E-state index contributed by atoms with van der Waals surface area (Å²) in [5.41, 5.74) is 2.17. The summed E-state index contributed by atoms with van der Waals surface area (Å²) in [5.74, 6) is 1.02. The van der Waals surface area contributed by atoms with Gasteiger partial charge in [0.2, 0.25) is 0 Å². The number of rotatable bonds is 10. The van der Waals surface area contributed by atoms with E-state index in [0.29, 0.717) is 35.9 Å². The molecule has 1 amide bonds. The van der Waals surface area contributed by atoms with Gasteiger partial charge in [0.1, 0.15) is 24.7 Å². The van der Waals surface area contributed by atoms with Gasteiger partial charge in [0, 0.05) is 23.6 Å². The van der Waals surface area contributed by atoms with Crippen molar-refractivity contribution in [1.82, 2.24) is 4.98 Å². The standard InChI is InChI=1S/C21H20N2O5S/c1-26-12-13-28-18-6-2-15(3-7-18)19-14-29-21(22-19)23-20(25)16-4-8-17(9-5-16)27-11-10-24/h2-10,14H,11-13H2,1H3,(H,22,23,25). The van der Waals surface area contributed by atoms with Crippen molar-refractivity contribution in [3.05, 3.63) is 59.5 Å². The van der Waals surface area contributed by atoms with Crippen LogP contribution in [0.4, 0.5) is 5.13 Å². The molecule has 0 bridgehead atoms. The van der Waals surface area contributed by atoms with Crippen LogP contribution in [0.25, 0.3) is 11.3 Å². The summed E-state index contributed by atoms with van der Waals surface area (Å²) in [6.07, 6.45) is 0.669. The van der Waals surface area contributed by atoms with E-state index in [9.17, 15) is 9.59 Å². The van der Waals surface area contributed by atoms with Gasteiger partial charge >= 0.3 is 0 Å². The Morgan fingerprint density at radius 2 is 1.72 bits per heavy atom. The SMILES string of the molecule is COCCOc1ccc(-c2csc(NC(=O)c3ccc(OCC=O)cc3)n2)cc1. The van der Waals surface area contributed by atoms with Gasteiger partial charge in [-0.3, -0.25) is 14.9 Å². The van der Waals surface area contributed by atoms with Gasteiger partial charge in [-0.15, -0.1) is 11.3 Å². The Hall–Kier alpha value is -3.23. The Labute approximate surface area is 172 Å². The number of benzene rings is 2. The predicted octanol–water partition coefficient (Wildman–Crippen LogP) is 3.67. The highest BCUT2D eigenvalue weighted by Crippen LogP contribution is 2.27. The van der Waals surface area contributed by atoms with E-state index in [4.69, 9.17) is 14.2 Å². The number of carbonyl (C=O) groups is 2. The molecule has 0 radical (unpaired) electrons. The molecule has 0 aliphatic carbocycles. The number of hydrogen-bond donors (Lipinski definition) is 1. The first-order valence-electron chi connectivity index (χ1n) is 8.85. The number of anilines is 1. The van der Waals surface area contributed by atoms with Gasteiger partial charge in [0.05, 0.1) is 12.3 Å². The van der Waals surface area contributed by atoms with Crippen LogP contribution in [0, 0.1) is 0 Å². The van der Waals surface area contributed by atoms with Crippen molar-refractivity contribution < 1.29 is 23.8 Å². The third-order valence-corrected chi connectivity index (χ3v) is 4.62. The van der Waals surface area contributed by atoms with E-state index in [1.807, 2.05) is 29.6 Å². The molecule has 0 aliphatic rings. The smallest absolute Gasteiger partial charge is 0.257 e. The molecule has 150 valence electrons. The fourth-order valence-electron chi connectivity index (χ4n) is 2.43. The summed E-state index contributed by atoms with van der Waals surface area (Å²) in [5, 5.41) is 5.18. The molecule has 3 rings (SSSR count). The van der Waals surface area contributed by atoms with Crippen molar-refractivity contribution in [3.8, 4) is 22.8 Å². The van der Waals surface area contributed by atoms with Crippen LogP contribution in [0.2, 0.25) is 0 Å². The van der Waals surface area contributed by atoms with Gasteiger partial charge in [-0.1, -0.05) is 0 Å². The van der Waals surface area contributed by atoms with Crippen LogP contribution >= 0.6 is 11.3 Å². The molecule has 29 heavy (non-hydrogen) atoms. The summed E-state index contributed by atoms with van der Waals surface area (Å²) < 4.78 is 15.7. The Kier molecular flexibility index (Phi) is 7.32. The van der Waals surface area contributed by atoms with E-state index in [0.717, 1.165) is 17.0 Å². The second-order valence-corrected chi connectivity index (χ2v) is 6.72. The van der Waals surface area contributed by atoms with Gasteiger partial charge in [-0.2, -0.15) is 0 Å². The molecule has 1 N–H and O–H groups in total. The molecule has 1 heterocycles. The Morgan fingerprint density at radius 3 is 2.41 bits per heavy atom. The maximum atomic E-state index is 12.4. The number of methoxy groups -OCH3 is 1. The molecular weight excluding hydrogens is 392 g/mol. The summed E-state index contributed by atoms with van der Waals surface area (Å²) in [7, 11) is 1.63. The minimum Gasteiger partial charge on any atom is -0.491 e. The molecule has 0 saturated carbocycles. The second kappa shape index (κ2) is 10.4. The number of nitrogens with zero attached hydrogens (tertiary/aromatic N) is 1. The maximum Gasteiger partial charge on any atom is 0.257 e. The number of carbonyl (C=O) groups excluding carboxylic acids is 2. The number of nitrogens with one attached hydrogen (secondary N) is 1. The second-order valence-electron chi connectivity index (χ2n) is 5.86. The van der Waals surface area contributed by atoms with Crippen LogP contribution in [0.5, 0.6) is 11.5 Å². The third-order valence-electron chi connectivity index (χ3n) is 3.87. The van der Waals surface area contributed by atoms with Crippen molar-refractivity contribution in [1.29, 1.82) is 0 Å². The molecule has 1 aromatic heterocycles. The summed E-state index contributed by atoms with van der Waals surface area (Å²) >= 11 is 1.35. The highest BCUT2D eigenvalue weighted by molar-refractivity contribution is 7.14. The van der Waals surface area contributed by atoms with Crippen molar-refractivity contribution in [2.24, 2.45) is 0 Å². The molecule has 7 nitrogen and oxygen atoms in total. The van der Waals surface area contributed by atoms with E-state index in [1.54, 1.807) is 31.4 Å². The minimum atomic E-state index is -0.269. The van der Waals surface area contributed by atoms with Gasteiger partial charge in [0.25, 0.3) is 5.91 Å². The quantitative estimate of drug-likeness (QED) is 0.404. The number of thiazole rings is 1. The first-order chi connectivity index (χ1) is 14.2. The zero-order chi connectivity index (χ0) is 20.5. The average Bonchev–Trinajstić information content (AvgIpc) is 3.21. The van der Waals surface area contributed by atoms with Gasteiger partial charge in [0.15, 0.2) is 11.4 Å². The fraction of sp³-hybridized carbons (Fsp3) is 0.190. The molecule has 2 aromatic carbocycles. The first kappa shape index (κ1) is 20.5. The lowest BCUT2D eigenvalue weighted by molar-refractivity contribution is -0.109. The number of amides is 1. The number of hydrogen-bond acceptors (Lipinski definition) is 7. The van der Waals surface area contributed by atoms with E-state index >= 15 is 0 Å². The maximum absolute atomic E-state index is 12.4. The molecule has 3 aromatic rings. The molecule has 0 atom stereocenters. The van der Waals surface area contributed by atoms with E-state index in [-0.39, 0.29) is 12.5 Å². The molecule has 8 heteroatoms. The van der Waals surface area contributed by atoms with Crippen molar-refractivity contribution in [3.63, 3.8) is 0 Å². The number of aromatic nitrogens is 1. The third kappa shape index (κ3) is 5.87. The van der Waals surface area contributed by atoms with Crippen molar-refractivity contribution in [2.75, 3.05) is 32.2 Å². The normalized spacial score (nSPS) is 10.4. The van der Waals surface area contributed by atoms with Crippen LogP contribution in [0.1, 0.15) is 10.4 Å². The highest BCUT2D eigenvalue weighted by atomic mass is 32.1. The van der Waals surface area contributed by atoms with Crippen molar-refractivity contribution >= 4 is 28.7 Å². The summed E-state index contributed by atoms with van der Waals surface area (Å²) in [4.78, 5) is 27.2. The summed E-state index contributed by atoms with van der Waals surface area (Å²) in [6.45, 7) is 1.01. The molecule has 0 spiro atoms. The first-order valence-corrected chi connectivity index (χ1v) is 9.73. The Bertz CT molecular complexity index is 938. The topological polar surface area (TPSA) is 86.8 Å². The monoisotopic (exact) mass is 412 g/mol. The van der Waals surface area contributed by atoms with Gasteiger partial charge < -0.3 is 14.2 Å². The highest BCUT2D eigenvalue weighted by Gasteiger charge is 2.10. The van der Waals surface area contributed by atoms with Gasteiger partial charge in [-0.05, 0) is 48.5 Å². The predicted molar refractivity (Wildman–Crippen MR) is 111 cm³/mol.